The van der Waals surface area contributed by atoms with E-state index in [0.717, 1.165) is 20.9 Å². The number of anilines is 1. The predicted octanol–water partition coefficient (Wildman–Crippen LogP) is 3.29. The Balaban J connectivity index is 1.25. The third kappa shape index (κ3) is 2.66. The number of hydrogen-bond acceptors (Lipinski definition) is 7. The quantitative estimate of drug-likeness (QED) is 0.521. The fraction of sp³-hybridized carbons (Fsp3) is 0.158. The van der Waals surface area contributed by atoms with Crippen molar-refractivity contribution in [3.8, 4) is 0 Å². The van der Waals surface area contributed by atoms with Crippen molar-refractivity contribution in [2.24, 2.45) is 0 Å². The van der Waals surface area contributed by atoms with Crippen LogP contribution in [0.15, 0.2) is 54.7 Å². The van der Waals surface area contributed by atoms with Crippen LogP contribution in [0.2, 0.25) is 0 Å². The van der Waals surface area contributed by atoms with E-state index in [1.807, 2.05) is 42.5 Å². The molecule has 1 saturated heterocycles. The van der Waals surface area contributed by atoms with Crippen LogP contribution in [0.25, 0.3) is 21.3 Å². The lowest BCUT2D eigenvalue weighted by Crippen LogP contribution is -2.53. The van der Waals surface area contributed by atoms with Crippen LogP contribution in [0, 0.1) is 0 Å². The number of fused-ring (bicyclic) bond motifs is 2. The number of esters is 1. The summed E-state index contributed by atoms with van der Waals surface area (Å²) in [5.41, 5.74) is 2.68. The average molecular weight is 362 g/mol. The van der Waals surface area contributed by atoms with E-state index < -0.39 is 5.97 Å². The maximum atomic E-state index is 12.3. The van der Waals surface area contributed by atoms with Gasteiger partial charge in [-0.15, -0.1) is 0 Å². The van der Waals surface area contributed by atoms with Crippen LogP contribution in [0.1, 0.15) is 10.5 Å². The van der Waals surface area contributed by atoms with Gasteiger partial charge < -0.3 is 9.64 Å². The highest BCUT2D eigenvalue weighted by atomic mass is 32.1. The van der Waals surface area contributed by atoms with Gasteiger partial charge in [0.2, 0.25) is 0 Å². The lowest BCUT2D eigenvalue weighted by molar-refractivity contribution is 0.0227. The number of carbonyl (C=O) groups excluding carboxylic acids is 1. The topological polar surface area (TPSA) is 68.2 Å². The highest BCUT2D eigenvalue weighted by Gasteiger charge is 2.32. The van der Waals surface area contributed by atoms with Crippen molar-refractivity contribution in [3.05, 3.63) is 60.4 Å². The second kappa shape index (κ2) is 6.03. The lowest BCUT2D eigenvalue weighted by atomic mass is 10.2. The fourth-order valence-corrected chi connectivity index (χ4v) is 3.92. The molecule has 0 spiro atoms. The van der Waals surface area contributed by atoms with Gasteiger partial charge in [-0.2, -0.15) is 0 Å². The molecule has 1 aliphatic rings. The van der Waals surface area contributed by atoms with E-state index in [2.05, 4.69) is 25.9 Å². The van der Waals surface area contributed by atoms with E-state index in [9.17, 15) is 4.79 Å². The van der Waals surface area contributed by atoms with Crippen LogP contribution in [-0.2, 0) is 4.74 Å². The van der Waals surface area contributed by atoms with Crippen molar-refractivity contribution in [1.29, 1.82) is 0 Å². The van der Waals surface area contributed by atoms with Gasteiger partial charge in [0, 0.05) is 0 Å². The van der Waals surface area contributed by atoms with E-state index in [1.54, 1.807) is 11.3 Å². The summed E-state index contributed by atoms with van der Waals surface area (Å²) >= 11 is 1.65. The molecule has 2 aromatic heterocycles. The zero-order valence-corrected chi connectivity index (χ0v) is 14.5. The van der Waals surface area contributed by atoms with E-state index >= 15 is 0 Å². The molecule has 3 heterocycles. The number of hydrogen-bond donors (Lipinski definition) is 0. The Morgan fingerprint density at radius 1 is 1.00 bits per heavy atom. The van der Waals surface area contributed by atoms with Crippen LogP contribution in [-0.4, -0.2) is 40.1 Å². The van der Waals surface area contributed by atoms with E-state index in [1.165, 1.54) is 6.20 Å². The van der Waals surface area contributed by atoms with Crippen LogP contribution >= 0.6 is 11.3 Å². The molecule has 0 atom stereocenters. The Morgan fingerprint density at radius 3 is 2.54 bits per heavy atom. The average Bonchev–Trinajstić information content (AvgIpc) is 3.07. The highest BCUT2D eigenvalue weighted by Crippen LogP contribution is 2.31. The Bertz CT molecular complexity index is 1090. The van der Waals surface area contributed by atoms with Gasteiger partial charge in [0.25, 0.3) is 0 Å². The molecule has 5 rings (SSSR count). The third-order valence-corrected chi connectivity index (χ3v) is 5.43. The van der Waals surface area contributed by atoms with Crippen molar-refractivity contribution >= 4 is 43.7 Å². The van der Waals surface area contributed by atoms with Crippen molar-refractivity contribution in [2.75, 3.05) is 18.0 Å². The first-order valence-corrected chi connectivity index (χ1v) is 9.11. The first-order chi connectivity index (χ1) is 12.8. The SMILES string of the molecule is O=C(OC1CN(c2nc3ccccc3s2)C1)c1cnc2ccccc2n1. The maximum Gasteiger partial charge on any atom is 0.358 e. The Hall–Kier alpha value is -3.06. The van der Waals surface area contributed by atoms with E-state index in [4.69, 9.17) is 4.74 Å². The van der Waals surface area contributed by atoms with Gasteiger partial charge in [-0.3, -0.25) is 4.98 Å². The number of thiazole rings is 1. The van der Waals surface area contributed by atoms with Gasteiger partial charge in [-0.1, -0.05) is 35.6 Å². The van der Waals surface area contributed by atoms with Gasteiger partial charge >= 0.3 is 5.97 Å². The minimum Gasteiger partial charge on any atom is -0.454 e. The number of rotatable bonds is 3. The molecule has 128 valence electrons. The fourth-order valence-electron chi connectivity index (χ4n) is 2.93. The highest BCUT2D eigenvalue weighted by molar-refractivity contribution is 7.22. The molecular weight excluding hydrogens is 348 g/mol. The minimum atomic E-state index is -0.433. The second-order valence-electron chi connectivity index (χ2n) is 6.14. The van der Waals surface area contributed by atoms with Gasteiger partial charge in [0.05, 0.1) is 40.5 Å². The number of benzene rings is 2. The molecule has 1 aliphatic heterocycles. The summed E-state index contributed by atoms with van der Waals surface area (Å²) in [5, 5.41) is 0.962. The van der Waals surface area contributed by atoms with Gasteiger partial charge in [0.15, 0.2) is 10.8 Å². The summed E-state index contributed by atoms with van der Waals surface area (Å²) in [6.45, 7) is 1.29. The molecule has 4 aromatic rings. The maximum absolute atomic E-state index is 12.3. The predicted molar refractivity (Wildman–Crippen MR) is 101 cm³/mol. The standard InChI is InChI=1S/C19H14N4O2S/c24-18(16-9-20-13-5-1-2-6-14(13)21-16)25-12-10-23(11-12)19-22-15-7-3-4-8-17(15)26-19/h1-9,12H,10-11H2. The monoisotopic (exact) mass is 362 g/mol. The minimum absolute atomic E-state index is 0.150. The van der Waals surface area contributed by atoms with Crippen molar-refractivity contribution in [2.45, 2.75) is 6.10 Å². The summed E-state index contributed by atoms with van der Waals surface area (Å²) in [6, 6.07) is 15.5. The van der Waals surface area contributed by atoms with Gasteiger partial charge in [0.1, 0.15) is 6.10 Å². The van der Waals surface area contributed by atoms with Crippen LogP contribution in [0.4, 0.5) is 5.13 Å². The lowest BCUT2D eigenvalue weighted by Gasteiger charge is -2.37. The zero-order valence-electron chi connectivity index (χ0n) is 13.7. The molecule has 26 heavy (non-hydrogen) atoms. The Labute approximate surface area is 153 Å². The Kier molecular flexibility index (Phi) is 3.53. The normalized spacial score (nSPS) is 14.5. The molecule has 6 nitrogen and oxygen atoms in total. The van der Waals surface area contributed by atoms with Crippen molar-refractivity contribution in [1.82, 2.24) is 15.0 Å². The largest absolute Gasteiger partial charge is 0.454 e. The Morgan fingerprint density at radius 2 is 1.73 bits per heavy atom. The van der Waals surface area contributed by atoms with Crippen molar-refractivity contribution in [3.63, 3.8) is 0 Å². The molecule has 0 saturated carbocycles. The molecule has 0 bridgehead atoms. The molecular formula is C19H14N4O2S. The number of nitrogens with zero attached hydrogens (tertiary/aromatic N) is 4. The molecule has 0 amide bonds. The van der Waals surface area contributed by atoms with Crippen LogP contribution in [0.3, 0.4) is 0 Å². The summed E-state index contributed by atoms with van der Waals surface area (Å²) in [7, 11) is 0. The summed E-state index contributed by atoms with van der Waals surface area (Å²) < 4.78 is 6.70. The second-order valence-corrected chi connectivity index (χ2v) is 7.15. The number of aromatic nitrogens is 3. The third-order valence-electron chi connectivity index (χ3n) is 4.33. The number of ether oxygens (including phenoxy) is 1. The zero-order chi connectivity index (χ0) is 17.5. The summed E-state index contributed by atoms with van der Waals surface area (Å²) in [6.07, 6.45) is 1.32. The molecule has 0 N–H and O–H groups in total. The van der Waals surface area contributed by atoms with Gasteiger partial charge in [-0.05, 0) is 24.3 Å². The molecule has 0 aliphatic carbocycles. The summed E-state index contributed by atoms with van der Waals surface area (Å²) in [5.74, 6) is -0.433. The molecule has 0 radical (unpaired) electrons. The molecule has 1 fully saturated rings. The van der Waals surface area contributed by atoms with Crippen LogP contribution < -0.4 is 4.90 Å². The van der Waals surface area contributed by atoms with E-state index in [0.29, 0.717) is 18.6 Å². The van der Waals surface area contributed by atoms with Gasteiger partial charge in [-0.25, -0.2) is 14.8 Å². The number of para-hydroxylation sites is 3. The summed E-state index contributed by atoms with van der Waals surface area (Å²) in [4.78, 5) is 27.7. The smallest absolute Gasteiger partial charge is 0.358 e. The molecule has 7 heteroatoms. The van der Waals surface area contributed by atoms with Crippen molar-refractivity contribution < 1.29 is 9.53 Å². The molecule has 2 aromatic carbocycles. The van der Waals surface area contributed by atoms with Crippen LogP contribution in [0.5, 0.6) is 0 Å². The first-order valence-electron chi connectivity index (χ1n) is 8.29. The molecule has 0 unspecified atom stereocenters. The number of carbonyl (C=O) groups is 1. The van der Waals surface area contributed by atoms with E-state index in [-0.39, 0.29) is 11.8 Å². The first kappa shape index (κ1) is 15.2.